The number of aliphatic carboxylic acids is 1. The summed E-state index contributed by atoms with van der Waals surface area (Å²) in [6.07, 6.45) is -0.991. The molecule has 1 N–H and O–H groups in total. The number of carboxylic acids is 1. The molecule has 5 heteroatoms. The fourth-order valence-electron chi connectivity index (χ4n) is 1.08. The molecule has 0 fully saturated rings. The summed E-state index contributed by atoms with van der Waals surface area (Å²) in [6, 6.07) is 5.54. The number of hydrogen-bond acceptors (Lipinski definition) is 3. The van der Waals surface area contributed by atoms with Gasteiger partial charge in [-0.2, -0.15) is 5.26 Å². The second kappa shape index (κ2) is 5.24. The molecule has 4 nitrogen and oxygen atoms in total. The van der Waals surface area contributed by atoms with E-state index in [1.807, 2.05) is 6.07 Å². The largest absolute Gasteiger partial charge is 0.479 e. The van der Waals surface area contributed by atoms with Crippen molar-refractivity contribution in [2.75, 3.05) is 0 Å². The summed E-state index contributed by atoms with van der Waals surface area (Å²) in [5, 5.41) is 17.3. The summed E-state index contributed by atoms with van der Waals surface area (Å²) in [5.74, 6) is -1.59. The lowest BCUT2D eigenvalue weighted by atomic mass is 10.1. The third-order valence-corrected chi connectivity index (χ3v) is 2.02. The van der Waals surface area contributed by atoms with Crippen LogP contribution in [0.4, 0.5) is 4.39 Å². The summed E-state index contributed by atoms with van der Waals surface area (Å²) in [5.41, 5.74) is 0.620. The molecule has 1 rings (SSSR count). The molecule has 16 heavy (non-hydrogen) atoms. The molecule has 0 radical (unpaired) electrons. The number of benzene rings is 1. The average molecular weight is 223 g/mol. The van der Waals surface area contributed by atoms with Crippen LogP contribution in [0.5, 0.6) is 0 Å². The van der Waals surface area contributed by atoms with Crippen molar-refractivity contribution < 1.29 is 19.0 Å². The van der Waals surface area contributed by atoms with Gasteiger partial charge in [-0.1, -0.05) is 0 Å². The van der Waals surface area contributed by atoms with Gasteiger partial charge in [-0.15, -0.1) is 0 Å². The van der Waals surface area contributed by atoms with E-state index in [1.165, 1.54) is 19.1 Å². The topological polar surface area (TPSA) is 70.3 Å². The number of carboxylic acid groups (broad SMARTS) is 1. The minimum absolute atomic E-state index is 0.103. The Morgan fingerprint density at radius 1 is 1.69 bits per heavy atom. The molecule has 0 heterocycles. The Labute approximate surface area is 91.9 Å². The summed E-state index contributed by atoms with van der Waals surface area (Å²) >= 11 is 0. The van der Waals surface area contributed by atoms with Crippen molar-refractivity contribution in [2.45, 2.75) is 19.6 Å². The van der Waals surface area contributed by atoms with E-state index in [4.69, 9.17) is 15.1 Å². The molecule has 1 atom stereocenters. The van der Waals surface area contributed by atoms with Crippen molar-refractivity contribution in [2.24, 2.45) is 0 Å². The Kier molecular flexibility index (Phi) is 3.97. The number of hydrogen-bond donors (Lipinski definition) is 1. The minimum atomic E-state index is -1.10. The van der Waals surface area contributed by atoms with Gasteiger partial charge >= 0.3 is 5.97 Å². The first-order chi connectivity index (χ1) is 7.54. The van der Waals surface area contributed by atoms with Gasteiger partial charge in [-0.3, -0.25) is 0 Å². The smallest absolute Gasteiger partial charge is 0.332 e. The third kappa shape index (κ3) is 3.04. The van der Waals surface area contributed by atoms with Crippen molar-refractivity contribution >= 4 is 5.97 Å². The van der Waals surface area contributed by atoms with Gasteiger partial charge < -0.3 is 9.84 Å². The van der Waals surface area contributed by atoms with E-state index >= 15 is 0 Å². The van der Waals surface area contributed by atoms with E-state index in [-0.39, 0.29) is 12.2 Å². The molecule has 0 aromatic heterocycles. The van der Waals surface area contributed by atoms with E-state index in [0.29, 0.717) is 5.56 Å². The summed E-state index contributed by atoms with van der Waals surface area (Å²) < 4.78 is 17.9. The first-order valence-electron chi connectivity index (χ1n) is 4.57. The highest BCUT2D eigenvalue weighted by molar-refractivity contribution is 5.71. The third-order valence-electron chi connectivity index (χ3n) is 2.02. The zero-order valence-electron chi connectivity index (χ0n) is 8.61. The standard InChI is InChI=1S/C11H10FNO3/c1-7(11(14)15)16-6-9-4-10(12)3-2-8(9)5-13/h2-4,7H,6H2,1H3,(H,14,15)/t7-/m0/s1. The number of nitrogens with zero attached hydrogens (tertiary/aromatic N) is 1. The number of rotatable bonds is 4. The Hall–Kier alpha value is -1.93. The SMILES string of the molecule is C[C@H](OCc1cc(F)ccc1C#N)C(=O)O. The molecule has 0 saturated carbocycles. The van der Waals surface area contributed by atoms with Gasteiger partial charge in [0, 0.05) is 0 Å². The summed E-state index contributed by atoms with van der Waals surface area (Å²) in [6.45, 7) is 1.27. The van der Waals surface area contributed by atoms with Gasteiger partial charge in [-0.05, 0) is 30.7 Å². The predicted octanol–water partition coefficient (Wildman–Crippen LogP) is 1.69. The average Bonchev–Trinajstić information content (AvgIpc) is 2.25. The quantitative estimate of drug-likeness (QED) is 0.843. The fourth-order valence-corrected chi connectivity index (χ4v) is 1.08. The van der Waals surface area contributed by atoms with Crippen LogP contribution in [0.1, 0.15) is 18.1 Å². The number of carbonyl (C=O) groups is 1. The van der Waals surface area contributed by atoms with Crippen molar-refractivity contribution in [3.8, 4) is 6.07 Å². The van der Waals surface area contributed by atoms with E-state index < -0.39 is 17.9 Å². The maximum absolute atomic E-state index is 12.9. The molecular weight excluding hydrogens is 213 g/mol. The number of halogens is 1. The Bertz CT molecular complexity index is 439. The molecule has 0 saturated heterocycles. The molecular formula is C11H10FNO3. The van der Waals surface area contributed by atoms with Crippen LogP contribution in [0.15, 0.2) is 18.2 Å². The zero-order chi connectivity index (χ0) is 12.1. The molecule has 0 bridgehead atoms. The van der Waals surface area contributed by atoms with Crippen LogP contribution in [0, 0.1) is 17.1 Å². The van der Waals surface area contributed by atoms with Gasteiger partial charge in [0.25, 0.3) is 0 Å². The molecule has 84 valence electrons. The molecule has 0 unspecified atom stereocenters. The van der Waals surface area contributed by atoms with Crippen LogP contribution < -0.4 is 0 Å². The van der Waals surface area contributed by atoms with Crippen LogP contribution in [0.2, 0.25) is 0 Å². The van der Waals surface area contributed by atoms with Gasteiger partial charge in [0.15, 0.2) is 6.10 Å². The van der Waals surface area contributed by atoms with Gasteiger partial charge in [0.1, 0.15) is 5.82 Å². The molecule has 0 aliphatic heterocycles. The number of ether oxygens (including phenoxy) is 1. The number of nitriles is 1. The lowest BCUT2D eigenvalue weighted by Crippen LogP contribution is -2.19. The van der Waals surface area contributed by atoms with Crippen molar-refractivity contribution in [1.82, 2.24) is 0 Å². The Morgan fingerprint density at radius 2 is 2.38 bits per heavy atom. The van der Waals surface area contributed by atoms with E-state index in [2.05, 4.69) is 0 Å². The predicted molar refractivity (Wildman–Crippen MR) is 53.0 cm³/mol. The Morgan fingerprint density at radius 3 is 2.94 bits per heavy atom. The lowest BCUT2D eigenvalue weighted by Gasteiger charge is -2.09. The van der Waals surface area contributed by atoms with E-state index in [9.17, 15) is 9.18 Å². The van der Waals surface area contributed by atoms with Crippen molar-refractivity contribution in [1.29, 1.82) is 5.26 Å². The maximum atomic E-state index is 12.9. The van der Waals surface area contributed by atoms with Crippen molar-refractivity contribution in [3.05, 3.63) is 35.1 Å². The normalized spacial score (nSPS) is 11.8. The molecule has 0 amide bonds. The molecule has 1 aromatic rings. The van der Waals surface area contributed by atoms with Gasteiger partial charge in [0.2, 0.25) is 0 Å². The van der Waals surface area contributed by atoms with Gasteiger partial charge in [0.05, 0.1) is 18.2 Å². The van der Waals surface area contributed by atoms with Crippen LogP contribution in [0.25, 0.3) is 0 Å². The summed E-state index contributed by atoms with van der Waals surface area (Å²) in [4.78, 5) is 10.5. The summed E-state index contributed by atoms with van der Waals surface area (Å²) in [7, 11) is 0. The monoisotopic (exact) mass is 223 g/mol. The Balaban J connectivity index is 2.77. The second-order valence-electron chi connectivity index (χ2n) is 3.20. The van der Waals surface area contributed by atoms with Crippen LogP contribution >= 0.6 is 0 Å². The molecule has 1 aromatic carbocycles. The highest BCUT2D eigenvalue weighted by Gasteiger charge is 2.12. The zero-order valence-corrected chi connectivity index (χ0v) is 8.61. The first kappa shape index (κ1) is 12.1. The lowest BCUT2D eigenvalue weighted by molar-refractivity contribution is -0.149. The van der Waals surface area contributed by atoms with Gasteiger partial charge in [-0.25, -0.2) is 9.18 Å². The first-order valence-corrected chi connectivity index (χ1v) is 4.57. The highest BCUT2D eigenvalue weighted by atomic mass is 19.1. The minimum Gasteiger partial charge on any atom is -0.479 e. The van der Waals surface area contributed by atoms with Crippen molar-refractivity contribution in [3.63, 3.8) is 0 Å². The second-order valence-corrected chi connectivity index (χ2v) is 3.20. The fraction of sp³-hybridized carbons (Fsp3) is 0.273. The molecule has 0 aliphatic carbocycles. The van der Waals surface area contributed by atoms with Crippen LogP contribution in [-0.4, -0.2) is 17.2 Å². The molecule has 0 spiro atoms. The van der Waals surface area contributed by atoms with E-state index in [1.54, 1.807) is 0 Å². The highest BCUT2D eigenvalue weighted by Crippen LogP contribution is 2.12. The maximum Gasteiger partial charge on any atom is 0.332 e. The van der Waals surface area contributed by atoms with Crippen LogP contribution in [-0.2, 0) is 16.1 Å². The molecule has 0 aliphatic rings. The van der Waals surface area contributed by atoms with Crippen LogP contribution in [0.3, 0.4) is 0 Å². The van der Waals surface area contributed by atoms with E-state index in [0.717, 1.165) is 6.07 Å².